The molecule has 1 aromatic carbocycles. The van der Waals surface area contributed by atoms with Crippen LogP contribution in [0.3, 0.4) is 0 Å². The first-order chi connectivity index (χ1) is 9.79. The molecule has 2 heterocycles. The van der Waals surface area contributed by atoms with E-state index in [1.54, 1.807) is 0 Å². The Labute approximate surface area is 119 Å². The second-order valence-corrected chi connectivity index (χ2v) is 5.14. The van der Waals surface area contributed by atoms with Crippen molar-refractivity contribution >= 4 is 11.8 Å². The van der Waals surface area contributed by atoms with Crippen LogP contribution in [0.1, 0.15) is 11.3 Å². The lowest BCUT2D eigenvalue weighted by Gasteiger charge is -2.06. The van der Waals surface area contributed by atoms with Crippen LogP contribution in [0.5, 0.6) is 0 Å². The van der Waals surface area contributed by atoms with E-state index in [4.69, 9.17) is 0 Å². The number of hydrogen-bond donors (Lipinski definition) is 2. The summed E-state index contributed by atoms with van der Waals surface area (Å²) in [5, 5.41) is 22.2. The highest BCUT2D eigenvalue weighted by Gasteiger charge is 2.17. The lowest BCUT2D eigenvalue weighted by molar-refractivity contribution is 0.278. The van der Waals surface area contributed by atoms with Gasteiger partial charge in [0.2, 0.25) is 0 Å². The molecule has 7 heteroatoms. The standard InChI is InChI=1S/C13H13N5OS/c1-9-11(7-19)12(20-13-14-8-15-16-13)18(17-9)10-5-3-2-4-6-10/h2-6,8,19H,7H2,1H3,(H,14,15,16). The third-order valence-corrected chi connectivity index (χ3v) is 3.89. The van der Waals surface area contributed by atoms with Crippen molar-refractivity contribution < 1.29 is 5.11 Å². The van der Waals surface area contributed by atoms with Crippen LogP contribution >= 0.6 is 11.8 Å². The number of aromatic nitrogens is 5. The van der Waals surface area contributed by atoms with Crippen molar-refractivity contribution in [3.63, 3.8) is 0 Å². The van der Waals surface area contributed by atoms with Crippen LogP contribution in [0.25, 0.3) is 5.69 Å². The van der Waals surface area contributed by atoms with Gasteiger partial charge in [0.1, 0.15) is 11.4 Å². The number of H-pyrrole nitrogens is 1. The van der Waals surface area contributed by atoms with E-state index < -0.39 is 0 Å². The fourth-order valence-electron chi connectivity index (χ4n) is 1.90. The smallest absolute Gasteiger partial charge is 0.189 e. The highest BCUT2D eigenvalue weighted by Crippen LogP contribution is 2.31. The molecule has 0 atom stereocenters. The zero-order chi connectivity index (χ0) is 13.9. The van der Waals surface area contributed by atoms with Crippen LogP contribution in [-0.2, 0) is 6.61 Å². The minimum Gasteiger partial charge on any atom is -0.392 e. The Morgan fingerprint density at radius 3 is 2.75 bits per heavy atom. The van der Waals surface area contributed by atoms with Crippen molar-refractivity contribution in [2.45, 2.75) is 23.7 Å². The SMILES string of the molecule is Cc1nn(-c2ccccc2)c(Sc2ncn[nH]2)c1CO. The number of para-hydroxylation sites is 1. The molecule has 0 radical (unpaired) electrons. The van der Waals surface area contributed by atoms with Gasteiger partial charge >= 0.3 is 0 Å². The third-order valence-electron chi connectivity index (χ3n) is 2.88. The number of hydrogen-bond acceptors (Lipinski definition) is 5. The highest BCUT2D eigenvalue weighted by atomic mass is 32.2. The van der Waals surface area contributed by atoms with E-state index in [-0.39, 0.29) is 6.61 Å². The van der Waals surface area contributed by atoms with Crippen molar-refractivity contribution in [3.8, 4) is 5.69 Å². The van der Waals surface area contributed by atoms with Gasteiger partial charge in [0.15, 0.2) is 5.16 Å². The predicted octanol–water partition coefficient (Wildman–Crippen LogP) is 1.94. The lowest BCUT2D eigenvalue weighted by atomic mass is 10.3. The Balaban J connectivity index is 2.10. The molecule has 0 fully saturated rings. The molecule has 3 rings (SSSR count). The van der Waals surface area contributed by atoms with E-state index in [0.29, 0.717) is 5.16 Å². The molecule has 0 amide bonds. The first-order valence-electron chi connectivity index (χ1n) is 6.07. The summed E-state index contributed by atoms with van der Waals surface area (Å²) in [4.78, 5) is 4.10. The molecule has 6 nitrogen and oxygen atoms in total. The highest BCUT2D eigenvalue weighted by molar-refractivity contribution is 7.99. The zero-order valence-corrected chi connectivity index (χ0v) is 11.6. The number of benzene rings is 1. The molecule has 3 aromatic rings. The molecule has 0 aliphatic carbocycles. The number of nitrogens with zero attached hydrogens (tertiary/aromatic N) is 4. The molecule has 2 N–H and O–H groups in total. The number of rotatable bonds is 4. The van der Waals surface area contributed by atoms with Crippen molar-refractivity contribution in [3.05, 3.63) is 47.9 Å². The minimum absolute atomic E-state index is 0.0604. The summed E-state index contributed by atoms with van der Waals surface area (Å²) in [6.45, 7) is 1.82. The van der Waals surface area contributed by atoms with Gasteiger partial charge in [-0.15, -0.1) is 0 Å². The van der Waals surface area contributed by atoms with Crippen LogP contribution < -0.4 is 0 Å². The summed E-state index contributed by atoms with van der Waals surface area (Å²) in [5.41, 5.74) is 2.55. The molecular formula is C13H13N5OS. The van der Waals surface area contributed by atoms with E-state index >= 15 is 0 Å². The number of aliphatic hydroxyl groups is 1. The lowest BCUT2D eigenvalue weighted by Crippen LogP contribution is -1.99. The quantitative estimate of drug-likeness (QED) is 0.766. The summed E-state index contributed by atoms with van der Waals surface area (Å²) in [6, 6.07) is 9.80. The van der Waals surface area contributed by atoms with E-state index in [2.05, 4.69) is 20.3 Å². The maximum atomic E-state index is 9.58. The normalized spacial score (nSPS) is 10.9. The van der Waals surface area contributed by atoms with Gasteiger partial charge in [-0.1, -0.05) is 18.2 Å². The summed E-state index contributed by atoms with van der Waals surface area (Å²) >= 11 is 1.40. The Morgan fingerprint density at radius 2 is 2.10 bits per heavy atom. The van der Waals surface area contributed by atoms with Crippen LogP contribution in [0.15, 0.2) is 46.8 Å². The number of nitrogens with one attached hydrogen (secondary N) is 1. The van der Waals surface area contributed by atoms with Crippen molar-refractivity contribution in [2.75, 3.05) is 0 Å². The molecule has 20 heavy (non-hydrogen) atoms. The van der Waals surface area contributed by atoms with E-state index in [9.17, 15) is 5.11 Å². The molecule has 0 spiro atoms. The fourth-order valence-corrected chi connectivity index (χ4v) is 2.85. The largest absolute Gasteiger partial charge is 0.392 e. The average Bonchev–Trinajstić information content (AvgIpc) is 3.08. The molecule has 2 aromatic heterocycles. The molecule has 0 unspecified atom stereocenters. The number of aromatic amines is 1. The minimum atomic E-state index is -0.0604. The van der Waals surface area contributed by atoms with Crippen LogP contribution in [-0.4, -0.2) is 30.1 Å². The van der Waals surface area contributed by atoms with Crippen LogP contribution in [0, 0.1) is 6.92 Å². The summed E-state index contributed by atoms with van der Waals surface area (Å²) < 4.78 is 1.81. The summed E-state index contributed by atoms with van der Waals surface area (Å²) in [6.07, 6.45) is 1.46. The van der Waals surface area contributed by atoms with Crippen molar-refractivity contribution in [2.24, 2.45) is 0 Å². The third kappa shape index (κ3) is 2.33. The predicted molar refractivity (Wildman–Crippen MR) is 74.7 cm³/mol. The zero-order valence-electron chi connectivity index (χ0n) is 10.8. The Morgan fingerprint density at radius 1 is 1.30 bits per heavy atom. The van der Waals surface area contributed by atoms with Gasteiger partial charge in [-0.25, -0.2) is 9.67 Å². The molecule has 0 saturated heterocycles. The maximum Gasteiger partial charge on any atom is 0.189 e. The molecule has 0 bridgehead atoms. The second-order valence-electron chi connectivity index (χ2n) is 4.17. The Hall–Kier alpha value is -2.12. The summed E-state index contributed by atoms with van der Waals surface area (Å²) in [5.74, 6) is 0. The number of aryl methyl sites for hydroxylation is 1. The van der Waals surface area contributed by atoms with Gasteiger partial charge < -0.3 is 5.11 Å². The molecule has 0 saturated carbocycles. The van der Waals surface area contributed by atoms with E-state index in [0.717, 1.165) is 22.0 Å². The van der Waals surface area contributed by atoms with Crippen LogP contribution in [0.2, 0.25) is 0 Å². The van der Waals surface area contributed by atoms with Gasteiger partial charge in [-0.3, -0.25) is 5.10 Å². The second kappa shape index (κ2) is 5.48. The fraction of sp³-hybridized carbons (Fsp3) is 0.154. The topological polar surface area (TPSA) is 79.6 Å². The van der Waals surface area contributed by atoms with Gasteiger partial charge in [0, 0.05) is 5.56 Å². The molecule has 0 aliphatic heterocycles. The van der Waals surface area contributed by atoms with E-state index in [1.807, 2.05) is 41.9 Å². The summed E-state index contributed by atoms with van der Waals surface area (Å²) in [7, 11) is 0. The van der Waals surface area contributed by atoms with Gasteiger partial charge in [0.05, 0.1) is 18.0 Å². The maximum absolute atomic E-state index is 9.58. The van der Waals surface area contributed by atoms with Crippen molar-refractivity contribution in [1.29, 1.82) is 0 Å². The van der Waals surface area contributed by atoms with Gasteiger partial charge in [-0.2, -0.15) is 10.2 Å². The number of aliphatic hydroxyl groups excluding tert-OH is 1. The van der Waals surface area contributed by atoms with Gasteiger partial charge in [-0.05, 0) is 30.8 Å². The molecule has 102 valence electrons. The monoisotopic (exact) mass is 287 g/mol. The average molecular weight is 287 g/mol. The first kappa shape index (κ1) is 12.9. The van der Waals surface area contributed by atoms with Gasteiger partial charge in [0.25, 0.3) is 0 Å². The van der Waals surface area contributed by atoms with E-state index in [1.165, 1.54) is 18.1 Å². The van der Waals surface area contributed by atoms with Crippen LogP contribution in [0.4, 0.5) is 0 Å². The molecule has 0 aliphatic rings. The first-order valence-corrected chi connectivity index (χ1v) is 6.89. The Kier molecular flexibility index (Phi) is 3.53. The Bertz CT molecular complexity index is 693. The van der Waals surface area contributed by atoms with Crippen molar-refractivity contribution in [1.82, 2.24) is 25.0 Å². The molecular weight excluding hydrogens is 274 g/mol.